The second-order valence-electron chi connectivity index (χ2n) is 6.76. The number of halogens is 1. The van der Waals surface area contributed by atoms with Gasteiger partial charge in [-0.15, -0.1) is 0 Å². The van der Waals surface area contributed by atoms with Gasteiger partial charge in [-0.1, -0.05) is 31.4 Å². The molecular formula is C18H24ClN3O3S. The summed E-state index contributed by atoms with van der Waals surface area (Å²) >= 11 is 11.5. The van der Waals surface area contributed by atoms with Gasteiger partial charge in [0.15, 0.2) is 16.6 Å². The molecule has 1 aliphatic carbocycles. The lowest BCUT2D eigenvalue weighted by molar-refractivity contribution is 0.0943. The summed E-state index contributed by atoms with van der Waals surface area (Å²) in [6.07, 6.45) is 5.53. The van der Waals surface area contributed by atoms with Crippen LogP contribution in [0.25, 0.3) is 0 Å². The Kier molecular flexibility index (Phi) is 6.43. The van der Waals surface area contributed by atoms with Gasteiger partial charge in [-0.25, -0.2) is 0 Å². The Bertz CT molecular complexity index is 686. The summed E-state index contributed by atoms with van der Waals surface area (Å²) in [5, 5.41) is 4.05. The van der Waals surface area contributed by atoms with E-state index in [1.807, 2.05) is 0 Å². The maximum absolute atomic E-state index is 12.4. The number of benzene rings is 1. The Balaban J connectivity index is 1.57. The Morgan fingerprint density at radius 1 is 1.15 bits per heavy atom. The predicted octanol–water partition coefficient (Wildman–Crippen LogP) is 3.19. The van der Waals surface area contributed by atoms with Gasteiger partial charge in [0.05, 0.1) is 18.2 Å². The number of amides is 1. The maximum Gasteiger partial charge on any atom is 0.269 e. The molecule has 0 aromatic heterocycles. The third kappa shape index (κ3) is 4.71. The van der Waals surface area contributed by atoms with Crippen LogP contribution in [0, 0.1) is 5.92 Å². The summed E-state index contributed by atoms with van der Waals surface area (Å²) in [6, 6.07) is 3.53. The van der Waals surface area contributed by atoms with Gasteiger partial charge in [-0.3, -0.25) is 15.6 Å². The van der Waals surface area contributed by atoms with Gasteiger partial charge in [-0.05, 0) is 43.1 Å². The fourth-order valence-electron chi connectivity index (χ4n) is 3.28. The lowest BCUT2D eigenvalue weighted by atomic mass is 9.86. The zero-order valence-electron chi connectivity index (χ0n) is 14.8. The molecule has 2 aliphatic rings. The second-order valence-corrected chi connectivity index (χ2v) is 7.57. The van der Waals surface area contributed by atoms with Gasteiger partial charge in [0.2, 0.25) is 0 Å². The zero-order chi connectivity index (χ0) is 18.5. The van der Waals surface area contributed by atoms with E-state index in [0.717, 1.165) is 12.8 Å². The van der Waals surface area contributed by atoms with Crippen LogP contribution in [0.5, 0.6) is 11.5 Å². The normalized spacial score (nSPS) is 22.1. The van der Waals surface area contributed by atoms with Crippen LogP contribution in [0.15, 0.2) is 12.1 Å². The average molecular weight is 398 g/mol. The van der Waals surface area contributed by atoms with Gasteiger partial charge in [0.1, 0.15) is 0 Å². The molecule has 1 aromatic carbocycles. The quantitative estimate of drug-likeness (QED) is 0.526. The molecule has 1 aliphatic heterocycles. The number of hydrazine groups is 1. The fraction of sp³-hybridized carbons (Fsp3) is 0.556. The van der Waals surface area contributed by atoms with Crippen molar-refractivity contribution >= 4 is 34.8 Å². The van der Waals surface area contributed by atoms with Gasteiger partial charge in [0, 0.05) is 18.0 Å². The van der Waals surface area contributed by atoms with Crippen molar-refractivity contribution in [1.82, 2.24) is 16.2 Å². The van der Waals surface area contributed by atoms with Crippen molar-refractivity contribution in [2.45, 2.75) is 45.1 Å². The molecule has 0 unspecified atom stereocenters. The molecule has 0 radical (unpaired) electrons. The highest BCUT2D eigenvalue weighted by molar-refractivity contribution is 7.80. The van der Waals surface area contributed by atoms with E-state index >= 15 is 0 Å². The molecule has 6 nitrogen and oxygen atoms in total. The van der Waals surface area contributed by atoms with Crippen molar-refractivity contribution in [3.05, 3.63) is 22.7 Å². The Morgan fingerprint density at radius 3 is 2.73 bits per heavy atom. The van der Waals surface area contributed by atoms with E-state index < -0.39 is 0 Å². The third-order valence-electron chi connectivity index (χ3n) is 4.78. The molecule has 1 saturated carbocycles. The Hall–Kier alpha value is -1.73. The molecular weight excluding hydrogens is 374 g/mol. The van der Waals surface area contributed by atoms with Crippen molar-refractivity contribution in [3.8, 4) is 11.5 Å². The van der Waals surface area contributed by atoms with Crippen molar-refractivity contribution in [2.75, 3.05) is 13.2 Å². The lowest BCUT2D eigenvalue weighted by Crippen LogP contribution is -2.51. The summed E-state index contributed by atoms with van der Waals surface area (Å²) in [4.78, 5) is 12.4. The first-order chi connectivity index (χ1) is 12.5. The molecule has 1 fully saturated rings. The molecule has 26 heavy (non-hydrogen) atoms. The molecule has 8 heteroatoms. The highest BCUT2D eigenvalue weighted by Gasteiger charge is 2.22. The topological polar surface area (TPSA) is 71.6 Å². The highest BCUT2D eigenvalue weighted by atomic mass is 35.5. The molecule has 0 saturated heterocycles. The fourth-order valence-corrected chi connectivity index (χ4v) is 3.75. The summed E-state index contributed by atoms with van der Waals surface area (Å²) in [5.41, 5.74) is 5.75. The SMILES string of the molecule is C[C@@H]1CCCC[C@@H]1NC(=S)NNC(=O)c1cc(Cl)c2c(c1)OCCCO2. The minimum atomic E-state index is -0.344. The van der Waals surface area contributed by atoms with Crippen LogP contribution in [0.2, 0.25) is 5.02 Å². The van der Waals surface area contributed by atoms with Crippen molar-refractivity contribution < 1.29 is 14.3 Å². The molecule has 1 amide bonds. The average Bonchev–Trinajstić information content (AvgIpc) is 2.87. The molecule has 2 atom stereocenters. The summed E-state index contributed by atoms with van der Waals surface area (Å²) in [5.74, 6) is 1.19. The molecule has 0 bridgehead atoms. The second kappa shape index (κ2) is 8.77. The first-order valence-electron chi connectivity index (χ1n) is 9.00. The summed E-state index contributed by atoms with van der Waals surface area (Å²) in [7, 11) is 0. The van der Waals surface area contributed by atoms with Crippen LogP contribution in [0.3, 0.4) is 0 Å². The molecule has 0 spiro atoms. The number of carbonyl (C=O) groups excluding carboxylic acids is 1. The number of fused-ring (bicyclic) bond motifs is 1. The first kappa shape index (κ1) is 19.0. The molecule has 3 rings (SSSR count). The van der Waals surface area contributed by atoms with E-state index in [1.54, 1.807) is 12.1 Å². The molecule has 3 N–H and O–H groups in total. The largest absolute Gasteiger partial charge is 0.489 e. The minimum absolute atomic E-state index is 0.341. The van der Waals surface area contributed by atoms with Crippen LogP contribution in [0.1, 0.15) is 49.4 Å². The van der Waals surface area contributed by atoms with Crippen molar-refractivity contribution in [1.29, 1.82) is 0 Å². The van der Waals surface area contributed by atoms with Gasteiger partial charge < -0.3 is 14.8 Å². The van der Waals surface area contributed by atoms with E-state index in [9.17, 15) is 4.79 Å². The number of ether oxygens (including phenoxy) is 2. The van der Waals surface area contributed by atoms with E-state index in [0.29, 0.717) is 52.4 Å². The molecule has 142 valence electrons. The molecule has 1 aromatic rings. The third-order valence-corrected chi connectivity index (χ3v) is 5.28. The van der Waals surface area contributed by atoms with Crippen LogP contribution < -0.4 is 25.6 Å². The van der Waals surface area contributed by atoms with Crippen LogP contribution in [-0.4, -0.2) is 30.3 Å². The summed E-state index contributed by atoms with van der Waals surface area (Å²) < 4.78 is 11.2. The van der Waals surface area contributed by atoms with E-state index in [1.165, 1.54) is 19.3 Å². The monoisotopic (exact) mass is 397 g/mol. The van der Waals surface area contributed by atoms with Crippen LogP contribution in [-0.2, 0) is 0 Å². The van der Waals surface area contributed by atoms with Crippen molar-refractivity contribution in [2.24, 2.45) is 5.92 Å². The van der Waals surface area contributed by atoms with Crippen LogP contribution in [0.4, 0.5) is 0 Å². The first-order valence-corrected chi connectivity index (χ1v) is 9.79. The number of rotatable bonds is 2. The lowest BCUT2D eigenvalue weighted by Gasteiger charge is -2.30. The van der Waals surface area contributed by atoms with Crippen LogP contribution >= 0.6 is 23.8 Å². The maximum atomic E-state index is 12.4. The number of hydrogen-bond donors (Lipinski definition) is 3. The predicted molar refractivity (Wildman–Crippen MR) is 105 cm³/mol. The number of thiocarbonyl (C=S) groups is 1. The minimum Gasteiger partial charge on any atom is -0.489 e. The standard InChI is InChI=1S/C18H24ClN3O3S/c1-11-5-2-3-6-14(11)20-18(26)22-21-17(23)12-9-13(19)16-15(10-12)24-7-4-8-25-16/h9-11,14H,2-8H2,1H3,(H,21,23)(H2,20,22,26)/t11-,14+/m1/s1. The van der Waals surface area contributed by atoms with E-state index in [2.05, 4.69) is 23.1 Å². The molecule has 1 heterocycles. The van der Waals surface area contributed by atoms with Gasteiger partial charge >= 0.3 is 0 Å². The van der Waals surface area contributed by atoms with E-state index in [-0.39, 0.29) is 5.91 Å². The highest BCUT2D eigenvalue weighted by Crippen LogP contribution is 2.37. The number of hydrogen-bond acceptors (Lipinski definition) is 4. The van der Waals surface area contributed by atoms with Crippen molar-refractivity contribution in [3.63, 3.8) is 0 Å². The zero-order valence-corrected chi connectivity index (χ0v) is 16.3. The Morgan fingerprint density at radius 2 is 1.92 bits per heavy atom. The van der Waals surface area contributed by atoms with E-state index in [4.69, 9.17) is 33.3 Å². The van der Waals surface area contributed by atoms with Gasteiger partial charge in [-0.2, -0.15) is 0 Å². The Labute approximate surface area is 163 Å². The van der Waals surface area contributed by atoms with Gasteiger partial charge in [0.25, 0.3) is 5.91 Å². The number of nitrogens with one attached hydrogen (secondary N) is 3. The summed E-state index contributed by atoms with van der Waals surface area (Å²) in [6.45, 7) is 3.29. The number of carbonyl (C=O) groups is 1. The smallest absolute Gasteiger partial charge is 0.269 e.